The number of aromatic carboxylic acids is 1. The minimum atomic E-state index is -0.983. The van der Waals surface area contributed by atoms with Crippen LogP contribution >= 0.6 is 0 Å². The summed E-state index contributed by atoms with van der Waals surface area (Å²) in [5.74, 6) is -1.53. The summed E-state index contributed by atoms with van der Waals surface area (Å²) in [6, 6.07) is 24.9. The first-order valence-electron chi connectivity index (χ1n) is 14.2. The fourth-order valence-electron chi connectivity index (χ4n) is 6.16. The third-order valence-corrected chi connectivity index (χ3v) is 8.53. The van der Waals surface area contributed by atoms with Crippen molar-refractivity contribution in [2.45, 2.75) is 38.8 Å². The predicted octanol–water partition coefficient (Wildman–Crippen LogP) is 6.12. The highest BCUT2D eigenvalue weighted by atomic mass is 19.1. The van der Waals surface area contributed by atoms with Crippen molar-refractivity contribution >= 4 is 17.8 Å². The van der Waals surface area contributed by atoms with Crippen molar-refractivity contribution in [3.05, 3.63) is 130 Å². The largest absolute Gasteiger partial charge is 0.478 e. The Bertz CT molecular complexity index is 1700. The normalized spacial score (nSPS) is 17.3. The first kappa shape index (κ1) is 27.4. The van der Waals surface area contributed by atoms with E-state index < -0.39 is 11.8 Å². The summed E-state index contributed by atoms with van der Waals surface area (Å²) in [5.41, 5.74) is 6.99. The molecule has 42 heavy (non-hydrogen) atoms. The lowest BCUT2D eigenvalue weighted by Crippen LogP contribution is -2.37. The van der Waals surface area contributed by atoms with E-state index in [-0.39, 0.29) is 34.8 Å². The van der Waals surface area contributed by atoms with E-state index in [1.165, 1.54) is 23.8 Å². The van der Waals surface area contributed by atoms with Gasteiger partial charge in [0.15, 0.2) is 0 Å². The maximum absolute atomic E-state index is 13.9. The number of fused-ring (bicyclic) bond motifs is 1. The Labute approximate surface area is 243 Å². The Kier molecular flexibility index (Phi) is 7.33. The zero-order chi connectivity index (χ0) is 29.4. The van der Waals surface area contributed by atoms with Gasteiger partial charge in [-0.2, -0.15) is 0 Å². The van der Waals surface area contributed by atoms with Crippen LogP contribution in [-0.4, -0.2) is 34.3 Å². The first-order valence-corrected chi connectivity index (χ1v) is 14.2. The number of nitrogens with zero attached hydrogens (tertiary/aromatic N) is 1. The molecule has 1 saturated carbocycles. The Morgan fingerprint density at radius 2 is 1.71 bits per heavy atom. The standard InChI is InChI=1S/C35H31FN2O4/c1-21-26(11-6-12-27(21)35(41)42)28-14-13-24(19-37-33(39)31-18-30(31)22-7-3-2-4-8-22)32-20-38(16-15-29(28)32)34(40)23-9-5-10-25(36)17-23/h2-14,17,30-31H,15-16,18-20H2,1H3,(H,37,39)(H,41,42). The Balaban J connectivity index is 1.30. The minimum absolute atomic E-state index is 0.00943. The van der Waals surface area contributed by atoms with Crippen molar-refractivity contribution in [3.8, 4) is 11.1 Å². The number of hydrogen-bond acceptors (Lipinski definition) is 3. The maximum atomic E-state index is 13.9. The summed E-state index contributed by atoms with van der Waals surface area (Å²) in [6.07, 6.45) is 1.37. The molecule has 7 heteroatoms. The summed E-state index contributed by atoms with van der Waals surface area (Å²) in [6.45, 7) is 2.86. The van der Waals surface area contributed by atoms with Crippen molar-refractivity contribution in [3.63, 3.8) is 0 Å². The zero-order valence-corrected chi connectivity index (χ0v) is 23.3. The molecule has 2 aliphatic rings. The van der Waals surface area contributed by atoms with E-state index >= 15 is 0 Å². The van der Waals surface area contributed by atoms with Crippen molar-refractivity contribution in [2.24, 2.45) is 5.92 Å². The number of carbonyl (C=O) groups excluding carboxylic acids is 2. The lowest BCUT2D eigenvalue weighted by Gasteiger charge is -2.32. The molecule has 2 amide bonds. The molecule has 1 heterocycles. The average molecular weight is 563 g/mol. The topological polar surface area (TPSA) is 86.7 Å². The second-order valence-corrected chi connectivity index (χ2v) is 11.1. The lowest BCUT2D eigenvalue weighted by molar-refractivity contribution is -0.122. The quantitative estimate of drug-likeness (QED) is 0.284. The number of amides is 2. The summed E-state index contributed by atoms with van der Waals surface area (Å²) in [4.78, 5) is 40.0. The number of carboxylic acid groups (broad SMARTS) is 1. The third-order valence-electron chi connectivity index (χ3n) is 8.53. The van der Waals surface area contributed by atoms with E-state index in [9.17, 15) is 23.9 Å². The Morgan fingerprint density at radius 1 is 0.929 bits per heavy atom. The number of halogens is 1. The number of carbonyl (C=O) groups is 3. The molecule has 2 N–H and O–H groups in total. The van der Waals surface area contributed by atoms with Crippen LogP contribution in [0.15, 0.2) is 84.9 Å². The molecule has 4 aromatic rings. The second-order valence-electron chi connectivity index (χ2n) is 11.1. The summed E-state index contributed by atoms with van der Waals surface area (Å²) in [7, 11) is 0. The molecule has 2 unspecified atom stereocenters. The fraction of sp³-hybridized carbons (Fsp3) is 0.229. The number of nitrogens with one attached hydrogen (secondary N) is 1. The molecule has 0 aromatic heterocycles. The van der Waals surface area contributed by atoms with Gasteiger partial charge in [-0.25, -0.2) is 9.18 Å². The van der Waals surface area contributed by atoms with Gasteiger partial charge >= 0.3 is 5.97 Å². The Hall–Kier alpha value is -4.78. The van der Waals surface area contributed by atoms with E-state index in [0.717, 1.165) is 34.2 Å². The molecular formula is C35H31FN2O4. The first-order chi connectivity index (χ1) is 20.3. The minimum Gasteiger partial charge on any atom is -0.478 e. The van der Waals surface area contributed by atoms with Gasteiger partial charge in [0.25, 0.3) is 5.91 Å². The zero-order valence-electron chi connectivity index (χ0n) is 23.3. The van der Waals surface area contributed by atoms with Crippen LogP contribution in [0.1, 0.15) is 60.9 Å². The van der Waals surface area contributed by atoms with Gasteiger partial charge in [0.2, 0.25) is 5.91 Å². The molecule has 0 spiro atoms. The summed E-state index contributed by atoms with van der Waals surface area (Å²) in [5, 5.41) is 12.8. The van der Waals surface area contributed by atoms with Gasteiger partial charge in [-0.3, -0.25) is 9.59 Å². The van der Waals surface area contributed by atoms with Gasteiger partial charge in [0.05, 0.1) is 5.56 Å². The van der Waals surface area contributed by atoms with Crippen LogP contribution in [0, 0.1) is 18.7 Å². The number of rotatable bonds is 7. The molecule has 4 aromatic carbocycles. The summed E-state index contributed by atoms with van der Waals surface area (Å²) < 4.78 is 13.9. The van der Waals surface area contributed by atoms with E-state index in [1.54, 1.807) is 30.0 Å². The molecule has 2 atom stereocenters. The van der Waals surface area contributed by atoms with E-state index in [4.69, 9.17) is 0 Å². The third kappa shape index (κ3) is 5.30. The van der Waals surface area contributed by atoms with Crippen LogP contribution in [0.2, 0.25) is 0 Å². The highest BCUT2D eigenvalue weighted by Gasteiger charge is 2.43. The van der Waals surface area contributed by atoms with Crippen molar-refractivity contribution < 1.29 is 23.9 Å². The molecule has 0 bridgehead atoms. The monoisotopic (exact) mass is 562 g/mol. The van der Waals surface area contributed by atoms with Crippen LogP contribution in [0.3, 0.4) is 0 Å². The van der Waals surface area contributed by atoms with Crippen LogP contribution in [0.4, 0.5) is 4.39 Å². The molecule has 1 aliphatic carbocycles. The summed E-state index contributed by atoms with van der Waals surface area (Å²) >= 11 is 0. The lowest BCUT2D eigenvalue weighted by atomic mass is 9.85. The second kappa shape index (κ2) is 11.2. The molecule has 6 nitrogen and oxygen atoms in total. The van der Waals surface area contributed by atoms with Crippen LogP contribution in [0.25, 0.3) is 11.1 Å². The fourth-order valence-corrected chi connectivity index (χ4v) is 6.16. The van der Waals surface area contributed by atoms with Gasteiger partial charge in [-0.05, 0) is 88.9 Å². The van der Waals surface area contributed by atoms with Gasteiger partial charge in [-0.15, -0.1) is 0 Å². The molecule has 6 rings (SSSR count). The van der Waals surface area contributed by atoms with Crippen LogP contribution < -0.4 is 5.32 Å². The molecule has 0 radical (unpaired) electrons. The van der Waals surface area contributed by atoms with E-state index in [2.05, 4.69) is 17.4 Å². The van der Waals surface area contributed by atoms with E-state index in [1.807, 2.05) is 36.4 Å². The smallest absolute Gasteiger partial charge is 0.335 e. The van der Waals surface area contributed by atoms with E-state index in [0.29, 0.717) is 31.6 Å². The molecule has 212 valence electrons. The van der Waals surface area contributed by atoms with Gasteiger partial charge in [0.1, 0.15) is 5.82 Å². The number of hydrogen-bond donors (Lipinski definition) is 2. The van der Waals surface area contributed by atoms with Crippen LogP contribution in [0.5, 0.6) is 0 Å². The molecule has 1 aliphatic heterocycles. The van der Waals surface area contributed by atoms with Gasteiger partial charge in [0, 0.05) is 31.1 Å². The SMILES string of the molecule is Cc1c(C(=O)O)cccc1-c1ccc(CNC(=O)C2CC2c2ccccc2)c2c1CCN(C(=O)c1cccc(F)c1)C2. The maximum Gasteiger partial charge on any atom is 0.335 e. The molecular weight excluding hydrogens is 531 g/mol. The van der Waals surface area contributed by atoms with Gasteiger partial charge < -0.3 is 15.3 Å². The van der Waals surface area contributed by atoms with Crippen molar-refractivity contribution in [2.75, 3.05) is 6.54 Å². The van der Waals surface area contributed by atoms with Crippen molar-refractivity contribution in [1.82, 2.24) is 10.2 Å². The van der Waals surface area contributed by atoms with Gasteiger partial charge in [-0.1, -0.05) is 60.7 Å². The number of carboxylic acids is 1. The molecule has 0 saturated heterocycles. The highest BCUT2D eigenvalue weighted by Crippen LogP contribution is 2.47. The van der Waals surface area contributed by atoms with Crippen molar-refractivity contribution in [1.29, 1.82) is 0 Å². The number of benzene rings is 4. The molecule has 1 fully saturated rings. The highest BCUT2D eigenvalue weighted by molar-refractivity contribution is 5.95. The average Bonchev–Trinajstić information content (AvgIpc) is 3.81. The predicted molar refractivity (Wildman–Crippen MR) is 158 cm³/mol. The van der Waals surface area contributed by atoms with Crippen LogP contribution in [-0.2, 0) is 24.3 Å². The Morgan fingerprint density at radius 3 is 2.48 bits per heavy atom.